The van der Waals surface area contributed by atoms with Gasteiger partial charge in [-0.15, -0.1) is 0 Å². The minimum Gasteiger partial charge on any atom is -0.320 e. The van der Waals surface area contributed by atoms with Crippen LogP contribution in [0.2, 0.25) is 0 Å². The number of unbranched alkanes of at least 4 members (excludes halogenated alkanes) is 1. The zero-order chi connectivity index (χ0) is 10.2. The summed E-state index contributed by atoms with van der Waals surface area (Å²) in [4.78, 5) is 8.52. The van der Waals surface area contributed by atoms with Crippen molar-refractivity contribution < 1.29 is 0 Å². The van der Waals surface area contributed by atoms with Crippen molar-refractivity contribution in [3.05, 3.63) is 18.0 Å². The van der Waals surface area contributed by atoms with Crippen molar-refractivity contribution in [3.63, 3.8) is 0 Å². The largest absolute Gasteiger partial charge is 0.320 e. The Hall–Kier alpha value is -0.610. The molecule has 1 heterocycles. The molecule has 78 valence electrons. The molecular formula is C10H17N3S. The van der Waals surface area contributed by atoms with Gasteiger partial charge in [0.2, 0.25) is 0 Å². The van der Waals surface area contributed by atoms with E-state index in [-0.39, 0.29) is 0 Å². The minimum absolute atomic E-state index is 0.898. The summed E-state index contributed by atoms with van der Waals surface area (Å²) in [5.74, 6) is 1.10. The van der Waals surface area contributed by atoms with E-state index in [0.29, 0.717) is 0 Å². The molecule has 1 aromatic rings. The molecule has 0 aliphatic heterocycles. The lowest BCUT2D eigenvalue weighted by atomic mass is 10.3. The Kier molecular flexibility index (Phi) is 5.56. The van der Waals surface area contributed by atoms with Crippen LogP contribution < -0.4 is 5.32 Å². The summed E-state index contributed by atoms with van der Waals surface area (Å²) in [6, 6.07) is 1.92. The SMILES string of the molecule is CNCCCCSc1nccc(C)n1. The number of rotatable bonds is 6. The number of aryl methyl sites for hydroxylation is 1. The van der Waals surface area contributed by atoms with E-state index in [9.17, 15) is 0 Å². The average Bonchev–Trinajstić information content (AvgIpc) is 2.18. The highest BCUT2D eigenvalue weighted by molar-refractivity contribution is 7.99. The fraction of sp³-hybridized carbons (Fsp3) is 0.600. The Morgan fingerprint density at radius 3 is 3.00 bits per heavy atom. The number of nitrogens with one attached hydrogen (secondary N) is 1. The molecule has 0 aliphatic carbocycles. The highest BCUT2D eigenvalue weighted by Crippen LogP contribution is 2.13. The molecule has 0 radical (unpaired) electrons. The predicted molar refractivity (Wildman–Crippen MR) is 60.7 cm³/mol. The van der Waals surface area contributed by atoms with E-state index >= 15 is 0 Å². The van der Waals surface area contributed by atoms with Gasteiger partial charge in [-0.2, -0.15) is 0 Å². The van der Waals surface area contributed by atoms with Crippen LogP contribution in [0, 0.1) is 6.92 Å². The zero-order valence-corrected chi connectivity index (χ0v) is 9.60. The molecule has 1 aromatic heterocycles. The lowest BCUT2D eigenvalue weighted by Gasteiger charge is -2.00. The number of aromatic nitrogens is 2. The van der Waals surface area contributed by atoms with Gasteiger partial charge in [0, 0.05) is 17.6 Å². The molecule has 1 rings (SSSR count). The van der Waals surface area contributed by atoms with E-state index in [1.807, 2.05) is 26.2 Å². The smallest absolute Gasteiger partial charge is 0.187 e. The quantitative estimate of drug-likeness (QED) is 0.443. The van der Waals surface area contributed by atoms with Gasteiger partial charge in [0.15, 0.2) is 5.16 Å². The summed E-state index contributed by atoms with van der Waals surface area (Å²) in [6.07, 6.45) is 4.25. The Bertz CT molecular complexity index is 265. The molecule has 0 aliphatic rings. The lowest BCUT2D eigenvalue weighted by Crippen LogP contribution is -2.07. The van der Waals surface area contributed by atoms with Crippen LogP contribution >= 0.6 is 11.8 Å². The molecule has 0 unspecified atom stereocenters. The fourth-order valence-electron chi connectivity index (χ4n) is 1.06. The third-order valence-corrected chi connectivity index (χ3v) is 2.77. The second-order valence-corrected chi connectivity index (χ2v) is 4.20. The van der Waals surface area contributed by atoms with Gasteiger partial charge in [-0.1, -0.05) is 11.8 Å². The van der Waals surface area contributed by atoms with Crippen molar-refractivity contribution in [1.82, 2.24) is 15.3 Å². The van der Waals surface area contributed by atoms with Crippen molar-refractivity contribution in [2.75, 3.05) is 19.3 Å². The van der Waals surface area contributed by atoms with Gasteiger partial charge in [0.1, 0.15) is 0 Å². The van der Waals surface area contributed by atoms with E-state index in [4.69, 9.17) is 0 Å². The maximum Gasteiger partial charge on any atom is 0.187 e. The van der Waals surface area contributed by atoms with Crippen molar-refractivity contribution >= 4 is 11.8 Å². The van der Waals surface area contributed by atoms with Crippen LogP contribution in [0.4, 0.5) is 0 Å². The maximum absolute atomic E-state index is 4.33. The van der Waals surface area contributed by atoms with Crippen LogP contribution in [-0.2, 0) is 0 Å². The summed E-state index contributed by atoms with van der Waals surface area (Å²) in [5, 5.41) is 4.03. The van der Waals surface area contributed by atoms with E-state index in [1.165, 1.54) is 12.8 Å². The Morgan fingerprint density at radius 2 is 2.29 bits per heavy atom. The van der Waals surface area contributed by atoms with Crippen LogP contribution in [0.25, 0.3) is 0 Å². The van der Waals surface area contributed by atoms with E-state index in [1.54, 1.807) is 11.8 Å². The predicted octanol–water partition coefficient (Wildman–Crippen LogP) is 1.88. The molecule has 1 N–H and O–H groups in total. The molecule has 0 fully saturated rings. The first-order valence-corrected chi connectivity index (χ1v) is 5.88. The Balaban J connectivity index is 2.18. The molecular weight excluding hydrogens is 194 g/mol. The Morgan fingerprint density at radius 1 is 1.43 bits per heavy atom. The summed E-state index contributed by atoms with van der Waals surface area (Å²) >= 11 is 1.74. The van der Waals surface area contributed by atoms with Crippen LogP contribution in [0.3, 0.4) is 0 Å². The van der Waals surface area contributed by atoms with Gasteiger partial charge in [-0.05, 0) is 39.4 Å². The molecule has 3 nitrogen and oxygen atoms in total. The minimum atomic E-state index is 0.898. The first kappa shape index (κ1) is 11.5. The van der Waals surface area contributed by atoms with Gasteiger partial charge < -0.3 is 5.32 Å². The molecule has 0 saturated carbocycles. The average molecular weight is 211 g/mol. The molecule has 14 heavy (non-hydrogen) atoms. The lowest BCUT2D eigenvalue weighted by molar-refractivity contribution is 0.714. The highest BCUT2D eigenvalue weighted by atomic mass is 32.2. The molecule has 0 saturated heterocycles. The van der Waals surface area contributed by atoms with Gasteiger partial charge in [-0.25, -0.2) is 9.97 Å². The van der Waals surface area contributed by atoms with Gasteiger partial charge in [-0.3, -0.25) is 0 Å². The van der Waals surface area contributed by atoms with Crippen LogP contribution in [-0.4, -0.2) is 29.3 Å². The van der Waals surface area contributed by atoms with Crippen molar-refractivity contribution in [2.45, 2.75) is 24.9 Å². The normalized spacial score (nSPS) is 10.4. The standard InChI is InChI=1S/C10H17N3S/c1-9-5-7-12-10(13-9)14-8-4-3-6-11-2/h5,7,11H,3-4,6,8H2,1-2H3. The van der Waals surface area contributed by atoms with E-state index in [0.717, 1.165) is 23.1 Å². The topological polar surface area (TPSA) is 37.8 Å². The number of hydrogen-bond acceptors (Lipinski definition) is 4. The zero-order valence-electron chi connectivity index (χ0n) is 8.79. The van der Waals surface area contributed by atoms with E-state index < -0.39 is 0 Å². The summed E-state index contributed by atoms with van der Waals surface area (Å²) in [7, 11) is 1.98. The number of thioether (sulfide) groups is 1. The summed E-state index contributed by atoms with van der Waals surface area (Å²) in [6.45, 7) is 3.09. The van der Waals surface area contributed by atoms with Gasteiger partial charge >= 0.3 is 0 Å². The second kappa shape index (κ2) is 6.79. The molecule has 0 amide bonds. The number of hydrogen-bond donors (Lipinski definition) is 1. The second-order valence-electron chi connectivity index (χ2n) is 3.14. The Labute approximate surface area is 89.7 Å². The first-order chi connectivity index (χ1) is 6.83. The molecule has 0 spiro atoms. The van der Waals surface area contributed by atoms with Crippen LogP contribution in [0.1, 0.15) is 18.5 Å². The van der Waals surface area contributed by atoms with Crippen LogP contribution in [0.15, 0.2) is 17.4 Å². The monoisotopic (exact) mass is 211 g/mol. The highest BCUT2D eigenvalue weighted by Gasteiger charge is 1.96. The summed E-state index contributed by atoms with van der Waals surface area (Å²) in [5.41, 5.74) is 1.04. The summed E-state index contributed by atoms with van der Waals surface area (Å²) < 4.78 is 0. The van der Waals surface area contributed by atoms with Gasteiger partial charge in [0.05, 0.1) is 0 Å². The third-order valence-electron chi connectivity index (χ3n) is 1.82. The maximum atomic E-state index is 4.33. The molecule has 0 atom stereocenters. The first-order valence-electron chi connectivity index (χ1n) is 4.90. The fourth-order valence-corrected chi connectivity index (χ4v) is 1.94. The number of nitrogens with zero attached hydrogens (tertiary/aromatic N) is 2. The molecule has 0 bridgehead atoms. The van der Waals surface area contributed by atoms with Crippen LogP contribution in [0.5, 0.6) is 0 Å². The van der Waals surface area contributed by atoms with E-state index in [2.05, 4.69) is 15.3 Å². The van der Waals surface area contributed by atoms with Crippen molar-refractivity contribution in [3.8, 4) is 0 Å². The van der Waals surface area contributed by atoms with Crippen molar-refractivity contribution in [2.24, 2.45) is 0 Å². The molecule has 0 aromatic carbocycles. The van der Waals surface area contributed by atoms with Gasteiger partial charge in [0.25, 0.3) is 0 Å². The third kappa shape index (κ3) is 4.58. The van der Waals surface area contributed by atoms with Crippen molar-refractivity contribution in [1.29, 1.82) is 0 Å². The molecule has 4 heteroatoms.